The van der Waals surface area contributed by atoms with E-state index in [9.17, 15) is 14.9 Å². The summed E-state index contributed by atoms with van der Waals surface area (Å²) in [7, 11) is 5.40. The minimum absolute atomic E-state index is 0.0297. The van der Waals surface area contributed by atoms with Gasteiger partial charge in [0.15, 0.2) is 5.75 Å². The number of hydrogen-bond donors (Lipinski definition) is 1. The predicted molar refractivity (Wildman–Crippen MR) is 94.7 cm³/mol. The van der Waals surface area contributed by atoms with Gasteiger partial charge in [0.1, 0.15) is 5.56 Å². The van der Waals surface area contributed by atoms with Gasteiger partial charge in [-0.3, -0.25) is 14.9 Å². The SMILES string of the molecule is COc1cc(CNC(=O)c2cc(OC)c(OC)c(OC)c2[N+](=O)[O-])ccn1. The molecule has 0 fully saturated rings. The molecule has 1 N–H and O–H groups in total. The van der Waals surface area contributed by atoms with Gasteiger partial charge >= 0.3 is 5.69 Å². The first-order chi connectivity index (χ1) is 13.0. The molecule has 10 nitrogen and oxygen atoms in total. The van der Waals surface area contributed by atoms with Crippen LogP contribution in [0.3, 0.4) is 0 Å². The summed E-state index contributed by atoms with van der Waals surface area (Å²) in [5.74, 6) is -0.312. The third kappa shape index (κ3) is 4.17. The van der Waals surface area contributed by atoms with Crippen LogP contribution in [0, 0.1) is 10.1 Å². The highest BCUT2D eigenvalue weighted by Crippen LogP contribution is 2.46. The van der Waals surface area contributed by atoms with Crippen LogP contribution in [0.25, 0.3) is 0 Å². The van der Waals surface area contributed by atoms with Crippen molar-refractivity contribution in [2.24, 2.45) is 0 Å². The average Bonchev–Trinajstić information content (AvgIpc) is 2.69. The number of aromatic nitrogens is 1. The number of nitrogens with zero attached hydrogens (tertiary/aromatic N) is 2. The number of carbonyl (C=O) groups is 1. The summed E-state index contributed by atoms with van der Waals surface area (Å²) in [6, 6.07) is 4.57. The van der Waals surface area contributed by atoms with Gasteiger partial charge in [0.25, 0.3) is 5.91 Å². The van der Waals surface area contributed by atoms with Gasteiger partial charge < -0.3 is 24.3 Å². The quantitative estimate of drug-likeness (QED) is 0.547. The molecule has 0 bridgehead atoms. The monoisotopic (exact) mass is 377 g/mol. The van der Waals surface area contributed by atoms with Crippen LogP contribution in [0.4, 0.5) is 5.69 Å². The lowest BCUT2D eigenvalue weighted by molar-refractivity contribution is -0.386. The molecule has 0 saturated heterocycles. The maximum absolute atomic E-state index is 12.6. The van der Waals surface area contributed by atoms with Crippen LogP contribution >= 0.6 is 0 Å². The van der Waals surface area contributed by atoms with Gasteiger partial charge in [-0.05, 0) is 11.6 Å². The number of nitro groups is 1. The Balaban J connectivity index is 2.40. The number of pyridine rings is 1. The first kappa shape index (κ1) is 19.8. The largest absolute Gasteiger partial charge is 0.493 e. The molecule has 1 aromatic carbocycles. The second kappa shape index (κ2) is 8.70. The Morgan fingerprint density at radius 2 is 1.81 bits per heavy atom. The maximum atomic E-state index is 12.6. The van der Waals surface area contributed by atoms with E-state index < -0.39 is 16.5 Å². The highest BCUT2D eigenvalue weighted by Gasteiger charge is 2.32. The predicted octanol–water partition coefficient (Wildman–Crippen LogP) is 1.95. The topological polar surface area (TPSA) is 122 Å². The van der Waals surface area contributed by atoms with Gasteiger partial charge in [0.05, 0.1) is 33.4 Å². The van der Waals surface area contributed by atoms with Crippen LogP contribution in [-0.2, 0) is 6.54 Å². The van der Waals surface area contributed by atoms with Gasteiger partial charge in [-0.15, -0.1) is 0 Å². The summed E-state index contributed by atoms with van der Waals surface area (Å²) in [6.45, 7) is 0.117. The number of carbonyl (C=O) groups excluding carboxylic acids is 1. The molecule has 1 amide bonds. The van der Waals surface area contributed by atoms with E-state index in [4.69, 9.17) is 18.9 Å². The Labute approximate surface area is 155 Å². The third-order valence-electron chi connectivity index (χ3n) is 3.69. The molecule has 0 aliphatic heterocycles. The lowest BCUT2D eigenvalue weighted by Crippen LogP contribution is -2.24. The van der Waals surface area contributed by atoms with Crippen LogP contribution in [0.2, 0.25) is 0 Å². The van der Waals surface area contributed by atoms with E-state index >= 15 is 0 Å². The van der Waals surface area contributed by atoms with Crippen molar-refractivity contribution in [1.29, 1.82) is 0 Å². The molecular formula is C17H19N3O7. The molecule has 10 heteroatoms. The van der Waals surface area contributed by atoms with Crippen molar-refractivity contribution in [3.8, 4) is 23.1 Å². The second-order valence-corrected chi connectivity index (χ2v) is 5.19. The lowest BCUT2D eigenvalue weighted by Gasteiger charge is -2.15. The van der Waals surface area contributed by atoms with E-state index in [0.717, 1.165) is 0 Å². The highest BCUT2D eigenvalue weighted by molar-refractivity contribution is 6.00. The second-order valence-electron chi connectivity index (χ2n) is 5.19. The lowest BCUT2D eigenvalue weighted by atomic mass is 10.1. The molecule has 0 unspecified atom stereocenters. The van der Waals surface area contributed by atoms with E-state index in [1.165, 1.54) is 40.7 Å². The van der Waals surface area contributed by atoms with Crippen molar-refractivity contribution in [2.45, 2.75) is 6.54 Å². The number of methoxy groups -OCH3 is 4. The average molecular weight is 377 g/mol. The number of hydrogen-bond acceptors (Lipinski definition) is 8. The van der Waals surface area contributed by atoms with Crippen LogP contribution in [0.5, 0.6) is 23.1 Å². The molecule has 1 heterocycles. The molecule has 144 valence electrons. The Bertz CT molecular complexity index is 855. The summed E-state index contributed by atoms with van der Waals surface area (Å²) in [5.41, 5.74) is -0.0132. The molecule has 0 spiro atoms. The molecular weight excluding hydrogens is 358 g/mol. The fourth-order valence-electron chi connectivity index (χ4n) is 2.44. The minimum Gasteiger partial charge on any atom is -0.493 e. The molecule has 0 atom stereocenters. The molecule has 0 radical (unpaired) electrons. The highest BCUT2D eigenvalue weighted by atomic mass is 16.6. The number of nitrogens with one attached hydrogen (secondary N) is 1. The maximum Gasteiger partial charge on any atom is 0.327 e. The molecule has 2 rings (SSSR count). The zero-order valence-electron chi connectivity index (χ0n) is 15.3. The van der Waals surface area contributed by atoms with Gasteiger partial charge in [-0.2, -0.15) is 0 Å². The number of ether oxygens (including phenoxy) is 4. The molecule has 2 aromatic rings. The van der Waals surface area contributed by atoms with Gasteiger partial charge in [-0.25, -0.2) is 4.98 Å². The van der Waals surface area contributed by atoms with Crippen molar-refractivity contribution >= 4 is 11.6 Å². The van der Waals surface area contributed by atoms with E-state index in [2.05, 4.69) is 10.3 Å². The smallest absolute Gasteiger partial charge is 0.327 e. The normalized spacial score (nSPS) is 10.1. The molecule has 0 saturated carbocycles. The first-order valence-electron chi connectivity index (χ1n) is 7.71. The first-order valence-corrected chi connectivity index (χ1v) is 7.71. The van der Waals surface area contributed by atoms with E-state index in [-0.39, 0.29) is 29.4 Å². The summed E-state index contributed by atoms with van der Waals surface area (Å²) in [5, 5.41) is 14.2. The van der Waals surface area contributed by atoms with Crippen LogP contribution in [-0.4, -0.2) is 44.3 Å². The Morgan fingerprint density at radius 1 is 1.11 bits per heavy atom. The van der Waals surface area contributed by atoms with E-state index in [1.54, 1.807) is 12.1 Å². The van der Waals surface area contributed by atoms with Crippen molar-refractivity contribution in [2.75, 3.05) is 28.4 Å². The summed E-state index contributed by atoms with van der Waals surface area (Å²) < 4.78 is 20.4. The Hall–Kier alpha value is -3.56. The van der Waals surface area contributed by atoms with Crippen LogP contribution < -0.4 is 24.3 Å². The van der Waals surface area contributed by atoms with Gasteiger partial charge in [0.2, 0.25) is 17.4 Å². The number of nitro benzene ring substituents is 1. The van der Waals surface area contributed by atoms with Crippen molar-refractivity contribution in [1.82, 2.24) is 10.3 Å². The van der Waals surface area contributed by atoms with E-state index in [1.807, 2.05) is 0 Å². The minimum atomic E-state index is -0.703. The third-order valence-corrected chi connectivity index (χ3v) is 3.69. The molecule has 27 heavy (non-hydrogen) atoms. The van der Waals surface area contributed by atoms with Crippen LogP contribution in [0.1, 0.15) is 15.9 Å². The number of rotatable bonds is 8. The molecule has 1 aromatic heterocycles. The fraction of sp³-hybridized carbons (Fsp3) is 0.294. The Morgan fingerprint density at radius 3 is 2.37 bits per heavy atom. The van der Waals surface area contributed by atoms with Gasteiger partial charge in [0, 0.05) is 24.9 Å². The van der Waals surface area contributed by atoms with Crippen molar-refractivity contribution in [3.63, 3.8) is 0 Å². The van der Waals surface area contributed by atoms with Crippen molar-refractivity contribution in [3.05, 3.63) is 45.6 Å². The van der Waals surface area contributed by atoms with Crippen LogP contribution in [0.15, 0.2) is 24.4 Å². The van der Waals surface area contributed by atoms with E-state index in [0.29, 0.717) is 11.4 Å². The summed E-state index contributed by atoms with van der Waals surface area (Å²) >= 11 is 0. The standard InChI is InChI=1S/C17H19N3O7/c1-24-12-8-11(14(20(22)23)16(27-4)15(12)26-3)17(21)19-9-10-5-6-18-13(7-10)25-2/h5-8H,9H2,1-4H3,(H,19,21). The summed E-state index contributed by atoms with van der Waals surface area (Å²) in [4.78, 5) is 27.4. The zero-order valence-corrected chi connectivity index (χ0v) is 15.3. The molecule has 0 aliphatic carbocycles. The molecule has 0 aliphatic rings. The van der Waals surface area contributed by atoms with Crippen molar-refractivity contribution < 1.29 is 28.7 Å². The number of benzene rings is 1. The Kier molecular flexibility index (Phi) is 6.36. The summed E-state index contributed by atoms with van der Waals surface area (Å²) in [6.07, 6.45) is 1.53. The van der Waals surface area contributed by atoms with Gasteiger partial charge in [-0.1, -0.05) is 0 Å². The fourth-order valence-corrected chi connectivity index (χ4v) is 2.44. The number of amides is 1. The zero-order chi connectivity index (χ0) is 20.0.